The molecule has 8 heteroatoms. The summed E-state index contributed by atoms with van der Waals surface area (Å²) in [7, 11) is 0. The second-order valence-corrected chi connectivity index (χ2v) is 7.82. The number of pyridine rings is 1. The third-order valence-corrected chi connectivity index (χ3v) is 5.60. The Kier molecular flexibility index (Phi) is 6.34. The maximum absolute atomic E-state index is 12.3. The van der Waals surface area contributed by atoms with Gasteiger partial charge >= 0.3 is 0 Å². The van der Waals surface area contributed by atoms with Crippen LogP contribution in [0.5, 0.6) is 5.75 Å². The highest BCUT2D eigenvalue weighted by molar-refractivity contribution is 7.14. The Morgan fingerprint density at radius 1 is 1.20 bits per heavy atom. The minimum atomic E-state index is -0.112. The van der Waals surface area contributed by atoms with Gasteiger partial charge in [0.25, 0.3) is 0 Å². The third-order valence-electron chi connectivity index (χ3n) is 4.69. The molecule has 0 spiro atoms. The molecule has 3 heterocycles. The lowest BCUT2D eigenvalue weighted by atomic mass is 10.2. The molecule has 1 fully saturated rings. The van der Waals surface area contributed by atoms with Crippen LogP contribution in [0.15, 0.2) is 54.0 Å². The monoisotopic (exact) mass is 422 g/mol. The predicted octanol–water partition coefficient (Wildman–Crippen LogP) is 3.10. The van der Waals surface area contributed by atoms with E-state index in [9.17, 15) is 9.59 Å². The first kappa shape index (κ1) is 20.0. The molecule has 1 aromatic carbocycles. The fourth-order valence-electron chi connectivity index (χ4n) is 3.17. The Labute approximate surface area is 178 Å². The summed E-state index contributed by atoms with van der Waals surface area (Å²) < 4.78 is 5.78. The molecule has 0 unspecified atom stereocenters. The topological polar surface area (TPSA) is 84.4 Å². The molecular formula is C22H22N4O3S. The van der Waals surface area contributed by atoms with Crippen molar-refractivity contribution in [2.45, 2.75) is 32.4 Å². The SMILES string of the molecule is O=C(Cc1csc(N2CCCC2=O)n1)NCc1cccc(OCc2ccccn2)c1. The molecule has 2 aromatic heterocycles. The maximum atomic E-state index is 12.3. The van der Waals surface area contributed by atoms with Crippen molar-refractivity contribution in [3.8, 4) is 5.75 Å². The first-order chi connectivity index (χ1) is 14.7. The van der Waals surface area contributed by atoms with Gasteiger partial charge < -0.3 is 10.1 Å². The minimum absolute atomic E-state index is 0.102. The number of amides is 2. The van der Waals surface area contributed by atoms with Gasteiger partial charge in [-0.25, -0.2) is 4.98 Å². The molecule has 0 radical (unpaired) electrons. The summed E-state index contributed by atoms with van der Waals surface area (Å²) >= 11 is 1.40. The summed E-state index contributed by atoms with van der Waals surface area (Å²) in [6.07, 6.45) is 3.35. The van der Waals surface area contributed by atoms with Crippen LogP contribution >= 0.6 is 11.3 Å². The number of thiazole rings is 1. The van der Waals surface area contributed by atoms with Gasteiger partial charge in [0.2, 0.25) is 11.8 Å². The molecule has 154 valence electrons. The van der Waals surface area contributed by atoms with Crippen molar-refractivity contribution in [3.63, 3.8) is 0 Å². The van der Waals surface area contributed by atoms with Crippen molar-refractivity contribution in [1.82, 2.24) is 15.3 Å². The molecule has 0 atom stereocenters. The Bertz CT molecular complexity index is 1020. The average molecular weight is 423 g/mol. The lowest BCUT2D eigenvalue weighted by Crippen LogP contribution is -2.25. The van der Waals surface area contributed by atoms with E-state index in [0.717, 1.165) is 23.4 Å². The zero-order valence-electron chi connectivity index (χ0n) is 16.4. The van der Waals surface area contributed by atoms with E-state index in [0.29, 0.717) is 36.9 Å². The maximum Gasteiger partial charge on any atom is 0.228 e. The Morgan fingerprint density at radius 2 is 2.13 bits per heavy atom. The first-order valence-corrected chi connectivity index (χ1v) is 10.7. The number of aromatic nitrogens is 2. The number of hydrogen-bond acceptors (Lipinski definition) is 6. The van der Waals surface area contributed by atoms with Crippen LogP contribution in [0, 0.1) is 0 Å². The number of nitrogens with zero attached hydrogens (tertiary/aromatic N) is 3. The van der Waals surface area contributed by atoms with Gasteiger partial charge in [-0.05, 0) is 36.2 Å². The van der Waals surface area contributed by atoms with Gasteiger partial charge in [0, 0.05) is 31.1 Å². The van der Waals surface area contributed by atoms with Crippen LogP contribution in [0.2, 0.25) is 0 Å². The fraction of sp³-hybridized carbons (Fsp3) is 0.273. The zero-order valence-corrected chi connectivity index (χ0v) is 17.2. The van der Waals surface area contributed by atoms with Crippen LogP contribution < -0.4 is 15.0 Å². The second-order valence-electron chi connectivity index (χ2n) is 6.98. The van der Waals surface area contributed by atoms with E-state index >= 15 is 0 Å². The third kappa shape index (κ3) is 5.21. The van der Waals surface area contributed by atoms with E-state index in [-0.39, 0.29) is 18.2 Å². The van der Waals surface area contributed by atoms with E-state index < -0.39 is 0 Å². The standard InChI is InChI=1S/C22H22N4O3S/c27-20(12-18-15-30-22(25-18)26-10-4-8-21(26)28)24-13-16-5-3-7-19(11-16)29-14-17-6-1-2-9-23-17/h1-3,5-7,9,11,15H,4,8,10,12-14H2,(H,24,27). The number of rotatable bonds is 8. The highest BCUT2D eigenvalue weighted by Crippen LogP contribution is 2.25. The van der Waals surface area contributed by atoms with E-state index in [1.807, 2.05) is 47.8 Å². The Hall–Kier alpha value is -3.26. The number of nitrogens with one attached hydrogen (secondary N) is 1. The van der Waals surface area contributed by atoms with Gasteiger partial charge in [-0.15, -0.1) is 11.3 Å². The summed E-state index contributed by atoms with van der Waals surface area (Å²) in [5.41, 5.74) is 2.48. The van der Waals surface area contributed by atoms with E-state index in [1.165, 1.54) is 11.3 Å². The summed E-state index contributed by atoms with van der Waals surface area (Å²) in [4.78, 5) is 34.5. The molecule has 4 rings (SSSR count). The predicted molar refractivity (Wildman–Crippen MR) is 114 cm³/mol. The van der Waals surface area contributed by atoms with Crippen LogP contribution in [0.1, 0.15) is 29.8 Å². The van der Waals surface area contributed by atoms with E-state index in [4.69, 9.17) is 4.74 Å². The van der Waals surface area contributed by atoms with E-state index in [1.54, 1.807) is 11.1 Å². The number of benzene rings is 1. The summed E-state index contributed by atoms with van der Waals surface area (Å²) in [6.45, 7) is 1.50. The highest BCUT2D eigenvalue weighted by Gasteiger charge is 2.24. The largest absolute Gasteiger partial charge is 0.487 e. The lowest BCUT2D eigenvalue weighted by molar-refractivity contribution is -0.120. The van der Waals surface area contributed by atoms with Crippen LogP contribution in [0.3, 0.4) is 0 Å². The number of ether oxygens (including phenoxy) is 1. The van der Waals surface area contributed by atoms with Crippen molar-refractivity contribution in [2.75, 3.05) is 11.4 Å². The van der Waals surface area contributed by atoms with Gasteiger partial charge in [-0.1, -0.05) is 18.2 Å². The number of carbonyl (C=O) groups excluding carboxylic acids is 2. The smallest absolute Gasteiger partial charge is 0.228 e. The molecule has 30 heavy (non-hydrogen) atoms. The zero-order chi connectivity index (χ0) is 20.8. The molecule has 7 nitrogen and oxygen atoms in total. The van der Waals surface area contributed by atoms with Crippen molar-refractivity contribution in [3.05, 3.63) is 71.0 Å². The van der Waals surface area contributed by atoms with Gasteiger partial charge in [0.1, 0.15) is 12.4 Å². The molecule has 1 aliphatic rings. The first-order valence-electron chi connectivity index (χ1n) is 9.80. The molecule has 1 saturated heterocycles. The van der Waals surface area contributed by atoms with Crippen molar-refractivity contribution in [1.29, 1.82) is 0 Å². The number of anilines is 1. The summed E-state index contributed by atoms with van der Waals surface area (Å²) in [5.74, 6) is 0.719. The fourth-order valence-corrected chi connectivity index (χ4v) is 4.03. The molecule has 0 aliphatic carbocycles. The minimum Gasteiger partial charge on any atom is -0.487 e. The second kappa shape index (κ2) is 9.49. The van der Waals surface area contributed by atoms with Gasteiger partial charge in [-0.3, -0.25) is 19.5 Å². The van der Waals surface area contributed by atoms with Crippen LogP contribution in [-0.4, -0.2) is 28.3 Å². The summed E-state index contributed by atoms with van der Waals surface area (Å²) in [5, 5.41) is 5.43. The van der Waals surface area contributed by atoms with Crippen LogP contribution in [-0.2, 0) is 29.2 Å². The number of hydrogen-bond donors (Lipinski definition) is 1. The molecule has 1 aliphatic heterocycles. The van der Waals surface area contributed by atoms with Gasteiger partial charge in [0.05, 0.1) is 17.8 Å². The lowest BCUT2D eigenvalue weighted by Gasteiger charge is -2.10. The molecule has 3 aromatic rings. The Balaban J connectivity index is 1.27. The normalized spacial score (nSPS) is 13.5. The molecule has 2 amide bonds. The highest BCUT2D eigenvalue weighted by atomic mass is 32.1. The average Bonchev–Trinajstić information content (AvgIpc) is 3.40. The van der Waals surface area contributed by atoms with Crippen molar-refractivity contribution in [2.24, 2.45) is 0 Å². The van der Waals surface area contributed by atoms with Crippen LogP contribution in [0.25, 0.3) is 0 Å². The molecular weight excluding hydrogens is 400 g/mol. The van der Waals surface area contributed by atoms with Gasteiger partial charge in [-0.2, -0.15) is 0 Å². The molecule has 0 bridgehead atoms. The van der Waals surface area contributed by atoms with Gasteiger partial charge in [0.15, 0.2) is 5.13 Å². The van der Waals surface area contributed by atoms with Crippen LogP contribution in [0.4, 0.5) is 5.13 Å². The van der Waals surface area contributed by atoms with Crippen molar-refractivity contribution < 1.29 is 14.3 Å². The quantitative estimate of drug-likeness (QED) is 0.603. The summed E-state index contributed by atoms with van der Waals surface area (Å²) in [6, 6.07) is 13.3. The Morgan fingerprint density at radius 3 is 2.93 bits per heavy atom. The van der Waals surface area contributed by atoms with Crippen molar-refractivity contribution >= 4 is 28.3 Å². The molecule has 1 N–H and O–H groups in total. The number of carbonyl (C=O) groups is 2. The van der Waals surface area contributed by atoms with E-state index in [2.05, 4.69) is 15.3 Å². The molecule has 0 saturated carbocycles.